The Kier molecular flexibility index (Phi) is 12.5. The lowest BCUT2D eigenvalue weighted by Gasteiger charge is -2.41. The third-order valence-electron chi connectivity index (χ3n) is 20.0. The molecule has 448 valence electrons. The van der Waals surface area contributed by atoms with Gasteiger partial charge in [-0.05, 0) is 196 Å². The third kappa shape index (κ3) is 6.61. The number of fused-ring (bicyclic) bond motifs is 6. The Hall–Kier alpha value is -5.88. The third-order valence-corrected chi connectivity index (χ3v) is 37.5. The molecule has 12 aliphatic heterocycles. The van der Waals surface area contributed by atoms with Gasteiger partial charge >= 0.3 is 0 Å². The van der Waals surface area contributed by atoms with Gasteiger partial charge in [0.25, 0.3) is 35.4 Å². The number of benzene rings is 3. The van der Waals surface area contributed by atoms with Crippen molar-refractivity contribution >= 4 is 124 Å². The maximum atomic E-state index is 14.0. The molecule has 3 unspecified atom stereocenters. The second kappa shape index (κ2) is 18.6. The van der Waals surface area contributed by atoms with Gasteiger partial charge in [-0.25, -0.2) is 0 Å². The molecule has 86 heavy (non-hydrogen) atoms. The Labute approximate surface area is 524 Å². The summed E-state index contributed by atoms with van der Waals surface area (Å²) in [6.45, 7) is 11.4. The molecule has 15 atom stereocenters. The van der Waals surface area contributed by atoms with Crippen molar-refractivity contribution in [2.45, 2.75) is 127 Å². The number of carbonyl (C=O) groups is 6. The molecule has 9 saturated heterocycles. The zero-order valence-electron chi connectivity index (χ0n) is 47.3. The van der Waals surface area contributed by atoms with Gasteiger partial charge in [0.05, 0.1) is 52.6 Å². The number of likely N-dealkylation sites (N-methyl/N-ethyl adjacent to an activating group) is 2. The van der Waals surface area contributed by atoms with Gasteiger partial charge in [0, 0.05) is 39.4 Å². The van der Waals surface area contributed by atoms with Crippen LogP contribution in [0.5, 0.6) is 34.5 Å². The zero-order valence-corrected chi connectivity index (χ0v) is 54.6. The lowest BCUT2D eigenvalue weighted by atomic mass is 9.79. The van der Waals surface area contributed by atoms with E-state index in [-0.39, 0.29) is 74.7 Å². The van der Waals surface area contributed by atoms with Crippen molar-refractivity contribution < 1.29 is 57.2 Å². The fourth-order valence-electron chi connectivity index (χ4n) is 15.8. The van der Waals surface area contributed by atoms with E-state index in [9.17, 15) is 44.6 Å². The molecule has 13 aliphatic rings. The Morgan fingerprint density at radius 2 is 0.733 bits per heavy atom. The average molecular weight is 1330 g/mol. The number of carbonyl (C=O) groups excluding carboxylic acids is 6. The quantitative estimate of drug-likeness (QED) is 0.356. The van der Waals surface area contributed by atoms with E-state index in [1.165, 1.54) is 18.7 Å². The van der Waals surface area contributed by atoms with Crippen LogP contribution in [0.4, 0.5) is 0 Å². The number of piperazine rings is 3. The predicted molar refractivity (Wildman–Crippen MR) is 327 cm³/mol. The highest BCUT2D eigenvalue weighted by molar-refractivity contribution is 8.50. The maximum absolute atomic E-state index is 14.0. The van der Waals surface area contributed by atoms with Crippen LogP contribution < -0.4 is 28.4 Å². The van der Waals surface area contributed by atoms with Crippen LogP contribution in [0, 0.1) is 50.2 Å². The summed E-state index contributed by atoms with van der Waals surface area (Å²) >= 11 is 16.1. The Bertz CT molecular complexity index is 3970. The normalized spacial score (nSPS) is 40.3. The van der Waals surface area contributed by atoms with Crippen molar-refractivity contribution in [3.05, 3.63) is 71.3 Å². The van der Waals surface area contributed by atoms with Gasteiger partial charge in [-0.3, -0.25) is 28.8 Å². The van der Waals surface area contributed by atoms with Gasteiger partial charge in [0.1, 0.15) is 0 Å². The van der Waals surface area contributed by atoms with Crippen LogP contribution in [0.2, 0.25) is 0 Å². The summed E-state index contributed by atoms with van der Waals surface area (Å²) < 4.78 is 32.7. The van der Waals surface area contributed by atoms with Gasteiger partial charge in [-0.2, -0.15) is 15.8 Å². The van der Waals surface area contributed by atoms with E-state index in [2.05, 4.69) is 18.2 Å². The first-order valence-electron chi connectivity index (χ1n) is 27.3. The predicted octanol–water partition coefficient (Wildman–Crippen LogP) is 4.12. The van der Waals surface area contributed by atoms with Crippen molar-refractivity contribution in [1.82, 2.24) is 29.4 Å². The molecule has 6 bridgehead atoms. The van der Waals surface area contributed by atoms with Crippen LogP contribution in [0.15, 0.2) is 54.6 Å². The van der Waals surface area contributed by atoms with E-state index < -0.39 is 92.0 Å². The van der Waals surface area contributed by atoms with Gasteiger partial charge in [-0.1, -0.05) is 18.2 Å². The van der Waals surface area contributed by atoms with E-state index in [1.807, 2.05) is 69.0 Å². The van der Waals surface area contributed by atoms with Crippen LogP contribution in [-0.4, -0.2) is 135 Å². The van der Waals surface area contributed by atoms with Gasteiger partial charge < -0.3 is 57.8 Å². The topological polar surface area (TPSA) is 249 Å². The molecule has 21 nitrogen and oxygen atoms in total. The summed E-state index contributed by atoms with van der Waals surface area (Å²) in [5.74, 6) is 3.02. The molecule has 10 fully saturated rings. The summed E-state index contributed by atoms with van der Waals surface area (Å²) in [7, 11) is 4.56. The lowest BCUT2D eigenvalue weighted by Crippen LogP contribution is -2.62. The summed E-state index contributed by atoms with van der Waals surface area (Å²) in [5.41, 5.74) is -0.459. The molecule has 0 aromatic heterocycles. The Morgan fingerprint density at radius 3 is 1.03 bits per heavy atom. The minimum Gasteiger partial charge on any atom is -0.454 e. The second-order valence-corrected chi connectivity index (χ2v) is 39.0. The molecular formula is C56H53N9O12S9. The van der Waals surface area contributed by atoms with Gasteiger partial charge in [-0.15, -0.1) is 0 Å². The highest BCUT2D eigenvalue weighted by Crippen LogP contribution is 2.69. The van der Waals surface area contributed by atoms with Crippen molar-refractivity contribution in [2.24, 2.45) is 16.2 Å². The van der Waals surface area contributed by atoms with Crippen molar-refractivity contribution in [3.8, 4) is 52.7 Å². The molecule has 1 saturated carbocycles. The van der Waals surface area contributed by atoms with E-state index in [0.717, 1.165) is 47.3 Å². The zero-order chi connectivity index (χ0) is 61.2. The van der Waals surface area contributed by atoms with E-state index >= 15 is 0 Å². The van der Waals surface area contributed by atoms with E-state index in [1.54, 1.807) is 60.8 Å². The number of nitriles is 3. The van der Waals surface area contributed by atoms with Crippen LogP contribution in [-0.2, 0) is 117 Å². The molecule has 12 heterocycles. The average Bonchev–Trinajstić information content (AvgIpc) is 1.51. The SMILES string of the molecule is CN1C(=O)C23C[C@@](C)(C#N)[C@@H](c4ccc5c(c4)OCO5)N2C(=O)[C@]1(C)[S@]3=S=S.CN1C(=O)C23C[C@@](C)(C#N)[C@H](c4ccc5c(c4)OCO5)N2C(=O)[C@]1(C)[S@]3=S=S.C[C@]1(C#N)CC23C(=O)N(C4CC4)[C@@](C)(C(=O)N2[C@H]1c1ccc2c(c1)OCO2)[S@@]3=S=S. The molecule has 3 spiro atoms. The monoisotopic (exact) mass is 1330 g/mol. The lowest BCUT2D eigenvalue weighted by molar-refractivity contribution is -0.161. The number of amides is 6. The smallest absolute Gasteiger partial charge is 0.261 e. The minimum absolute atomic E-state index is 0.0301. The molecule has 6 amide bonds. The largest absolute Gasteiger partial charge is 0.454 e. The van der Waals surface area contributed by atoms with Crippen LogP contribution >= 0.6 is 0 Å². The van der Waals surface area contributed by atoms with Crippen molar-refractivity contribution in [2.75, 3.05) is 34.5 Å². The fraction of sp³-hybridized carbons (Fsp3) is 0.518. The summed E-state index contributed by atoms with van der Waals surface area (Å²) in [4.78, 5) is 85.7. The molecule has 3 aromatic rings. The first-order valence-corrected chi connectivity index (χ1v) is 37.8. The minimum atomic E-state index is -1.07. The molecule has 0 radical (unpaired) electrons. The number of ether oxygens (including phenoxy) is 6. The number of nitrogens with zero attached hydrogens (tertiary/aromatic N) is 9. The van der Waals surface area contributed by atoms with Crippen molar-refractivity contribution in [1.29, 1.82) is 15.8 Å². The Morgan fingerprint density at radius 1 is 0.442 bits per heavy atom. The number of hydrogen-bond acceptors (Lipinski definition) is 18. The van der Waals surface area contributed by atoms with Crippen LogP contribution in [0.3, 0.4) is 0 Å². The molecule has 30 heteroatoms. The van der Waals surface area contributed by atoms with Gasteiger partial charge in [0.2, 0.25) is 20.4 Å². The van der Waals surface area contributed by atoms with E-state index in [4.69, 9.17) is 62.0 Å². The summed E-state index contributed by atoms with van der Waals surface area (Å²) in [6.07, 6.45) is 2.68. The Balaban J connectivity index is 0.000000114. The van der Waals surface area contributed by atoms with Gasteiger partial charge in [0.15, 0.2) is 63.7 Å². The second-order valence-electron chi connectivity index (χ2n) is 24.6. The first-order chi connectivity index (χ1) is 40.8. The van der Waals surface area contributed by atoms with E-state index in [0.29, 0.717) is 40.9 Å². The number of hydrogen-bond donors (Lipinski definition) is 0. The fourth-order valence-corrected chi connectivity index (χ4v) is 35.9. The first kappa shape index (κ1) is 57.8. The van der Waals surface area contributed by atoms with Crippen molar-refractivity contribution in [3.63, 3.8) is 0 Å². The van der Waals surface area contributed by atoms with Crippen LogP contribution in [0.1, 0.15) is 108 Å². The summed E-state index contributed by atoms with van der Waals surface area (Å²) in [5, 5.41) is 30.4. The number of rotatable bonds is 4. The molecule has 1 aliphatic carbocycles. The highest BCUT2D eigenvalue weighted by Gasteiger charge is 2.84. The molecule has 0 N–H and O–H groups in total. The van der Waals surface area contributed by atoms with Crippen LogP contribution in [0.25, 0.3) is 0 Å². The standard InChI is InChI=1S/C20H19N3O4S3.2C18H17N3O4S3/c1-18(9-21)8-20-17(25)22(12-4-5-12)19(2,30(20)29-28)16(24)23(20)15(18)11-3-6-13-14(7-11)27-10-26-13;2*1-16(8-19)7-18-15(23)20(3)17(2,28(18)27-26)14(22)21(18)13(16)10-4-5-11-12(6-10)25-9-24-11/h3,6-7,12,15H,4-5,8,10H2,1-2H3;2*4-6,13H,7,9H2,1-3H3/t15-,18+,19+,20?,30-;13-,16+,17+,18?,28-;13-,16-,17-,18?,28+/m010/s1. The molecule has 16 rings (SSSR count). The summed E-state index contributed by atoms with van der Waals surface area (Å²) in [6, 6.07) is 22.1. The molecule has 3 aromatic carbocycles. The maximum Gasteiger partial charge on any atom is 0.261 e. The highest BCUT2D eigenvalue weighted by atomic mass is 33.1. The molecular weight excluding hydrogens is 1280 g/mol.